The lowest BCUT2D eigenvalue weighted by Gasteiger charge is -2.21. The number of carbonyl (C=O) groups is 1. The molecule has 0 aliphatic carbocycles. The molecular formula is C15H31NO4S. The van der Waals surface area contributed by atoms with Crippen LogP contribution in [-0.2, 0) is 14.9 Å². The first-order valence-electron chi connectivity index (χ1n) is 8.10. The first-order valence-corrected chi connectivity index (χ1v) is 9.61. The summed E-state index contributed by atoms with van der Waals surface area (Å²) in [7, 11) is -4.15. The zero-order valence-corrected chi connectivity index (χ0v) is 14.5. The van der Waals surface area contributed by atoms with E-state index in [9.17, 15) is 17.8 Å². The SMILES string of the molecule is CCCCCCCCC(CC(=O)N(CC)CC)S(=O)(=O)O. The number of hydrogen-bond donors (Lipinski definition) is 1. The number of hydrogen-bond acceptors (Lipinski definition) is 3. The minimum absolute atomic E-state index is 0.116. The summed E-state index contributed by atoms with van der Waals surface area (Å²) < 4.78 is 32.1. The van der Waals surface area contributed by atoms with Gasteiger partial charge in [-0.3, -0.25) is 9.35 Å². The lowest BCUT2D eigenvalue weighted by Crippen LogP contribution is -2.35. The lowest BCUT2D eigenvalue weighted by molar-refractivity contribution is -0.130. The van der Waals surface area contributed by atoms with Crippen molar-refractivity contribution in [1.82, 2.24) is 4.90 Å². The van der Waals surface area contributed by atoms with Crippen molar-refractivity contribution >= 4 is 16.0 Å². The van der Waals surface area contributed by atoms with Gasteiger partial charge in [-0.25, -0.2) is 0 Å². The third-order valence-corrected chi connectivity index (χ3v) is 5.06. The summed E-state index contributed by atoms with van der Waals surface area (Å²) in [6.45, 7) is 6.98. The molecule has 0 aromatic rings. The molecular weight excluding hydrogens is 290 g/mol. The number of rotatable bonds is 12. The molecule has 0 fully saturated rings. The van der Waals surface area contributed by atoms with Gasteiger partial charge in [-0.15, -0.1) is 0 Å². The van der Waals surface area contributed by atoms with Gasteiger partial charge in [0.05, 0.1) is 5.25 Å². The number of nitrogens with zero attached hydrogens (tertiary/aromatic N) is 1. The highest BCUT2D eigenvalue weighted by atomic mass is 32.2. The molecule has 5 nitrogen and oxygen atoms in total. The van der Waals surface area contributed by atoms with Crippen molar-refractivity contribution in [3.05, 3.63) is 0 Å². The molecule has 0 spiro atoms. The molecule has 126 valence electrons. The molecule has 0 bridgehead atoms. The third-order valence-electron chi connectivity index (χ3n) is 3.82. The van der Waals surface area contributed by atoms with Gasteiger partial charge >= 0.3 is 0 Å². The van der Waals surface area contributed by atoms with Crippen molar-refractivity contribution < 1.29 is 17.8 Å². The van der Waals surface area contributed by atoms with Crippen LogP contribution in [0.15, 0.2) is 0 Å². The zero-order valence-electron chi connectivity index (χ0n) is 13.7. The highest BCUT2D eigenvalue weighted by Gasteiger charge is 2.27. The molecule has 0 saturated carbocycles. The molecule has 1 atom stereocenters. The standard InChI is InChI=1S/C15H31NO4S/c1-4-7-8-9-10-11-12-14(21(18,19)20)13-15(17)16(5-2)6-3/h14H,4-13H2,1-3H3,(H,18,19,20). The van der Waals surface area contributed by atoms with Crippen molar-refractivity contribution in [3.63, 3.8) is 0 Å². The molecule has 0 aliphatic heterocycles. The van der Waals surface area contributed by atoms with Gasteiger partial charge < -0.3 is 4.90 Å². The Morgan fingerprint density at radius 3 is 2.00 bits per heavy atom. The average Bonchev–Trinajstić information content (AvgIpc) is 2.41. The van der Waals surface area contributed by atoms with E-state index in [4.69, 9.17) is 0 Å². The molecule has 21 heavy (non-hydrogen) atoms. The van der Waals surface area contributed by atoms with Crippen molar-refractivity contribution in [2.75, 3.05) is 13.1 Å². The third kappa shape index (κ3) is 9.09. The van der Waals surface area contributed by atoms with Gasteiger partial charge in [0.25, 0.3) is 10.1 Å². The van der Waals surface area contributed by atoms with Crippen LogP contribution in [0.2, 0.25) is 0 Å². The topological polar surface area (TPSA) is 74.7 Å². The molecule has 0 radical (unpaired) electrons. The molecule has 1 amide bonds. The van der Waals surface area contributed by atoms with E-state index in [2.05, 4.69) is 6.92 Å². The van der Waals surface area contributed by atoms with E-state index in [1.165, 1.54) is 12.8 Å². The van der Waals surface area contributed by atoms with Crippen molar-refractivity contribution in [3.8, 4) is 0 Å². The molecule has 1 unspecified atom stereocenters. The van der Waals surface area contributed by atoms with Crippen LogP contribution in [0.3, 0.4) is 0 Å². The molecule has 1 N–H and O–H groups in total. The Kier molecular flexibility index (Phi) is 10.7. The maximum absolute atomic E-state index is 12.0. The predicted octanol–water partition coefficient (Wildman–Crippen LogP) is 3.25. The van der Waals surface area contributed by atoms with Gasteiger partial charge in [-0.1, -0.05) is 45.4 Å². The monoisotopic (exact) mass is 321 g/mol. The van der Waals surface area contributed by atoms with Crippen molar-refractivity contribution in [2.24, 2.45) is 0 Å². The fraction of sp³-hybridized carbons (Fsp3) is 0.933. The zero-order chi connectivity index (χ0) is 16.3. The largest absolute Gasteiger partial charge is 0.343 e. The molecule has 0 rings (SSSR count). The first kappa shape index (κ1) is 20.4. The van der Waals surface area contributed by atoms with Crippen LogP contribution in [0, 0.1) is 0 Å². The maximum Gasteiger partial charge on any atom is 0.268 e. The van der Waals surface area contributed by atoms with E-state index in [1.807, 2.05) is 13.8 Å². The van der Waals surface area contributed by atoms with Gasteiger partial charge in [0.2, 0.25) is 5.91 Å². The van der Waals surface area contributed by atoms with E-state index in [-0.39, 0.29) is 12.3 Å². The fourth-order valence-electron chi connectivity index (χ4n) is 2.41. The van der Waals surface area contributed by atoms with Crippen LogP contribution in [-0.4, -0.2) is 42.1 Å². The van der Waals surface area contributed by atoms with E-state index >= 15 is 0 Å². The van der Waals surface area contributed by atoms with Gasteiger partial charge in [0.15, 0.2) is 0 Å². The Morgan fingerprint density at radius 1 is 1.00 bits per heavy atom. The Bertz CT molecular complexity index is 377. The second-order valence-corrected chi connectivity index (χ2v) is 7.16. The summed E-state index contributed by atoms with van der Waals surface area (Å²) in [4.78, 5) is 13.6. The Morgan fingerprint density at radius 2 is 1.52 bits per heavy atom. The summed E-state index contributed by atoms with van der Waals surface area (Å²) in [5.41, 5.74) is 0. The van der Waals surface area contributed by atoms with Crippen molar-refractivity contribution in [1.29, 1.82) is 0 Å². The first-order chi connectivity index (χ1) is 9.86. The van der Waals surface area contributed by atoms with E-state index < -0.39 is 15.4 Å². The van der Waals surface area contributed by atoms with Gasteiger partial charge in [0.1, 0.15) is 0 Å². The summed E-state index contributed by atoms with van der Waals surface area (Å²) in [6.07, 6.45) is 6.54. The quantitative estimate of drug-likeness (QED) is 0.442. The fourth-order valence-corrected chi connectivity index (χ4v) is 3.23. The molecule has 0 saturated heterocycles. The average molecular weight is 321 g/mol. The van der Waals surface area contributed by atoms with E-state index in [0.29, 0.717) is 19.5 Å². The molecule has 0 aromatic heterocycles. The highest BCUT2D eigenvalue weighted by Crippen LogP contribution is 2.16. The van der Waals surface area contributed by atoms with Crippen LogP contribution in [0.5, 0.6) is 0 Å². The number of amides is 1. The van der Waals surface area contributed by atoms with E-state index in [1.54, 1.807) is 4.90 Å². The lowest BCUT2D eigenvalue weighted by atomic mass is 10.1. The summed E-state index contributed by atoms with van der Waals surface area (Å²) in [5, 5.41) is -0.961. The summed E-state index contributed by atoms with van der Waals surface area (Å²) >= 11 is 0. The van der Waals surface area contributed by atoms with Gasteiger partial charge in [0, 0.05) is 19.5 Å². The highest BCUT2D eigenvalue weighted by molar-refractivity contribution is 7.86. The molecule has 6 heteroatoms. The van der Waals surface area contributed by atoms with Crippen LogP contribution >= 0.6 is 0 Å². The Labute approximate surface area is 129 Å². The second-order valence-electron chi connectivity index (χ2n) is 5.46. The minimum Gasteiger partial charge on any atom is -0.343 e. The summed E-state index contributed by atoms with van der Waals surface area (Å²) in [5.74, 6) is -0.200. The number of unbranched alkanes of at least 4 members (excludes halogenated alkanes) is 5. The van der Waals surface area contributed by atoms with Gasteiger partial charge in [-0.05, 0) is 20.3 Å². The van der Waals surface area contributed by atoms with Crippen LogP contribution in [0.25, 0.3) is 0 Å². The normalized spacial score (nSPS) is 13.1. The van der Waals surface area contributed by atoms with Crippen LogP contribution < -0.4 is 0 Å². The summed E-state index contributed by atoms with van der Waals surface area (Å²) in [6, 6.07) is 0. The second kappa shape index (κ2) is 11.0. The van der Waals surface area contributed by atoms with Gasteiger partial charge in [-0.2, -0.15) is 8.42 Å². The Hall–Kier alpha value is -0.620. The molecule has 0 heterocycles. The Balaban J connectivity index is 4.32. The minimum atomic E-state index is -4.15. The van der Waals surface area contributed by atoms with Crippen LogP contribution in [0.4, 0.5) is 0 Å². The van der Waals surface area contributed by atoms with Crippen LogP contribution in [0.1, 0.15) is 72.1 Å². The van der Waals surface area contributed by atoms with Crippen molar-refractivity contribution in [2.45, 2.75) is 77.4 Å². The maximum atomic E-state index is 12.0. The molecule has 0 aliphatic rings. The molecule has 0 aromatic carbocycles. The smallest absolute Gasteiger partial charge is 0.268 e. The predicted molar refractivity (Wildman–Crippen MR) is 85.9 cm³/mol. The van der Waals surface area contributed by atoms with E-state index in [0.717, 1.165) is 25.7 Å². The number of carbonyl (C=O) groups excluding carboxylic acids is 1.